The number of fused-ring (bicyclic) bond motifs is 5. The van der Waals surface area contributed by atoms with Gasteiger partial charge in [-0.3, -0.25) is 0 Å². The maximum atomic E-state index is 3.65. The van der Waals surface area contributed by atoms with Gasteiger partial charge in [-0.15, -0.1) is 45.3 Å². The van der Waals surface area contributed by atoms with Crippen LogP contribution in [0.25, 0.3) is 28.2 Å². The van der Waals surface area contributed by atoms with E-state index in [-0.39, 0.29) is 0 Å². The summed E-state index contributed by atoms with van der Waals surface area (Å²) in [6, 6.07) is 4.87. The van der Waals surface area contributed by atoms with Gasteiger partial charge in [-0.05, 0) is 49.2 Å². The zero-order chi connectivity index (χ0) is 18.1. The molecule has 0 spiro atoms. The maximum absolute atomic E-state index is 3.65. The quantitative estimate of drug-likeness (QED) is 0.252. The third-order valence-electron chi connectivity index (χ3n) is 5.70. The largest absolute Gasteiger partial charge is 0.142 e. The first-order valence-electron chi connectivity index (χ1n) is 8.81. The minimum atomic E-state index is -1.54. The standard InChI is InChI=1S/C19H23BrS4Si/c1-9(2)25(10(3)4,11(5)6)15-8-13-17(24-15)19-18(22-13)16-12(21-19)7-14(20)23-16/h7-11H,1-6H3. The molecule has 0 aliphatic rings. The Morgan fingerprint density at radius 1 is 0.680 bits per heavy atom. The molecule has 0 amide bonds. The number of rotatable bonds is 4. The van der Waals surface area contributed by atoms with Crippen molar-refractivity contribution < 1.29 is 0 Å². The van der Waals surface area contributed by atoms with E-state index in [1.807, 2.05) is 34.0 Å². The molecule has 0 fully saturated rings. The molecule has 25 heavy (non-hydrogen) atoms. The summed E-state index contributed by atoms with van der Waals surface area (Å²) in [5.74, 6) is 0. The third kappa shape index (κ3) is 2.58. The molecule has 0 aromatic carbocycles. The Labute approximate surface area is 175 Å². The Hall–Kier alpha value is 0.277. The molecular formula is C19H23BrS4Si. The van der Waals surface area contributed by atoms with Crippen molar-refractivity contribution >= 4 is 102 Å². The summed E-state index contributed by atoms with van der Waals surface area (Å²) in [6.45, 7) is 14.8. The molecule has 4 aromatic rings. The van der Waals surface area contributed by atoms with Crippen LogP contribution in [0.15, 0.2) is 15.9 Å². The highest BCUT2D eigenvalue weighted by Crippen LogP contribution is 2.51. The lowest BCUT2D eigenvalue weighted by molar-refractivity contribution is 0.837. The van der Waals surface area contributed by atoms with Crippen molar-refractivity contribution in [2.45, 2.75) is 58.2 Å². The van der Waals surface area contributed by atoms with Gasteiger partial charge in [-0.25, -0.2) is 0 Å². The second kappa shape index (κ2) is 6.42. The SMILES string of the molecule is CC(C)[Si](c1cc2sc3c4sc(Br)cc4sc3c2s1)(C(C)C)C(C)C. The van der Waals surface area contributed by atoms with E-state index in [0.717, 1.165) is 16.6 Å². The van der Waals surface area contributed by atoms with Crippen molar-refractivity contribution in [1.82, 2.24) is 0 Å². The lowest BCUT2D eigenvalue weighted by atomic mass is 10.4. The lowest BCUT2D eigenvalue weighted by Crippen LogP contribution is -2.54. The summed E-state index contributed by atoms with van der Waals surface area (Å²) in [6.07, 6.45) is 0. The number of halogens is 1. The highest BCUT2D eigenvalue weighted by molar-refractivity contribution is 9.11. The minimum Gasteiger partial charge on any atom is -0.142 e. The molecule has 4 rings (SSSR count). The van der Waals surface area contributed by atoms with E-state index in [1.165, 1.54) is 27.3 Å². The lowest BCUT2D eigenvalue weighted by Gasteiger charge is -2.42. The molecule has 4 aromatic heterocycles. The van der Waals surface area contributed by atoms with Gasteiger partial charge in [-0.1, -0.05) is 41.5 Å². The first-order valence-corrected chi connectivity index (χ1v) is 15.1. The number of hydrogen-bond donors (Lipinski definition) is 0. The predicted molar refractivity (Wildman–Crippen MR) is 129 cm³/mol. The smallest absolute Gasteiger partial charge is 0.107 e. The van der Waals surface area contributed by atoms with E-state index in [9.17, 15) is 0 Å². The average Bonchev–Trinajstić information content (AvgIpc) is 3.17. The first-order chi connectivity index (χ1) is 11.8. The Morgan fingerprint density at radius 2 is 1.16 bits per heavy atom. The number of thiophene rings is 4. The molecule has 0 radical (unpaired) electrons. The van der Waals surface area contributed by atoms with Crippen LogP contribution in [0.3, 0.4) is 0 Å². The van der Waals surface area contributed by atoms with Gasteiger partial charge in [-0.2, -0.15) is 0 Å². The van der Waals surface area contributed by atoms with Crippen LogP contribution in [0.5, 0.6) is 0 Å². The Bertz CT molecular complexity index is 1040. The van der Waals surface area contributed by atoms with E-state index in [1.54, 1.807) is 9.20 Å². The van der Waals surface area contributed by atoms with Gasteiger partial charge < -0.3 is 0 Å². The predicted octanol–water partition coefficient (Wildman–Crippen LogP) is 9.04. The minimum absolute atomic E-state index is 0.776. The highest BCUT2D eigenvalue weighted by Gasteiger charge is 2.45. The molecule has 0 nitrogen and oxygen atoms in total. The summed E-state index contributed by atoms with van der Waals surface area (Å²) < 4.78 is 12.0. The van der Waals surface area contributed by atoms with Crippen molar-refractivity contribution in [3.63, 3.8) is 0 Å². The summed E-state index contributed by atoms with van der Waals surface area (Å²) in [5, 5.41) is 0. The van der Waals surface area contributed by atoms with Crippen LogP contribution in [0.2, 0.25) is 16.6 Å². The van der Waals surface area contributed by atoms with Crippen LogP contribution in [0.4, 0.5) is 0 Å². The molecule has 0 saturated carbocycles. The molecule has 6 heteroatoms. The van der Waals surface area contributed by atoms with Gasteiger partial charge in [0.05, 0.1) is 22.6 Å². The van der Waals surface area contributed by atoms with E-state index in [4.69, 9.17) is 0 Å². The maximum Gasteiger partial charge on any atom is 0.107 e. The Balaban J connectivity index is 1.97. The molecule has 0 N–H and O–H groups in total. The highest BCUT2D eigenvalue weighted by atomic mass is 79.9. The number of hydrogen-bond acceptors (Lipinski definition) is 4. The van der Waals surface area contributed by atoms with Crippen molar-refractivity contribution in [3.05, 3.63) is 15.9 Å². The topological polar surface area (TPSA) is 0 Å². The zero-order valence-electron chi connectivity index (χ0n) is 15.4. The van der Waals surface area contributed by atoms with Crippen LogP contribution in [-0.4, -0.2) is 8.07 Å². The van der Waals surface area contributed by atoms with Crippen molar-refractivity contribution in [1.29, 1.82) is 0 Å². The molecule has 0 aliphatic heterocycles. The third-order valence-corrected chi connectivity index (χ3v) is 19.4. The van der Waals surface area contributed by atoms with Crippen LogP contribution in [0.1, 0.15) is 41.5 Å². The van der Waals surface area contributed by atoms with Crippen molar-refractivity contribution in [2.24, 2.45) is 0 Å². The van der Waals surface area contributed by atoms with Crippen molar-refractivity contribution in [3.8, 4) is 0 Å². The first kappa shape index (κ1) is 18.6. The van der Waals surface area contributed by atoms with Gasteiger partial charge in [0, 0.05) is 9.40 Å². The van der Waals surface area contributed by atoms with Crippen molar-refractivity contribution in [2.75, 3.05) is 0 Å². The summed E-state index contributed by atoms with van der Waals surface area (Å²) in [4.78, 5) is 0. The second-order valence-corrected chi connectivity index (χ2v) is 19.6. The molecule has 0 bridgehead atoms. The van der Waals surface area contributed by atoms with Gasteiger partial charge >= 0.3 is 0 Å². The molecule has 0 unspecified atom stereocenters. The Kier molecular flexibility index (Phi) is 4.78. The van der Waals surface area contributed by atoms with Crippen LogP contribution in [0, 0.1) is 0 Å². The molecule has 4 heterocycles. The van der Waals surface area contributed by atoms with E-state index in [0.29, 0.717) is 0 Å². The molecule has 0 saturated heterocycles. The van der Waals surface area contributed by atoms with Gasteiger partial charge in [0.25, 0.3) is 0 Å². The monoisotopic (exact) mass is 486 g/mol. The fourth-order valence-corrected chi connectivity index (χ4v) is 20.2. The van der Waals surface area contributed by atoms with E-state index in [2.05, 4.69) is 80.9 Å². The summed E-state index contributed by atoms with van der Waals surface area (Å²) >= 11 is 11.7. The second-order valence-electron chi connectivity index (χ2n) is 7.81. The summed E-state index contributed by atoms with van der Waals surface area (Å²) in [5.41, 5.74) is 2.33. The van der Waals surface area contributed by atoms with Crippen LogP contribution >= 0.6 is 61.3 Å². The van der Waals surface area contributed by atoms with Crippen LogP contribution < -0.4 is 4.50 Å². The van der Waals surface area contributed by atoms with Gasteiger partial charge in [0.15, 0.2) is 0 Å². The van der Waals surface area contributed by atoms with E-state index >= 15 is 0 Å². The van der Waals surface area contributed by atoms with Gasteiger partial charge in [0.1, 0.15) is 8.07 Å². The fourth-order valence-electron chi connectivity index (χ4n) is 4.87. The van der Waals surface area contributed by atoms with E-state index < -0.39 is 8.07 Å². The average molecular weight is 488 g/mol. The summed E-state index contributed by atoms with van der Waals surface area (Å²) in [7, 11) is -1.54. The molecule has 0 atom stereocenters. The Morgan fingerprint density at radius 3 is 1.68 bits per heavy atom. The van der Waals surface area contributed by atoms with Crippen LogP contribution in [-0.2, 0) is 0 Å². The molecular weight excluding hydrogens is 464 g/mol. The van der Waals surface area contributed by atoms with Gasteiger partial charge in [0.2, 0.25) is 0 Å². The molecule has 134 valence electrons. The normalized spacial score (nSPS) is 13.7. The molecule has 0 aliphatic carbocycles. The zero-order valence-corrected chi connectivity index (χ0v) is 21.2. The fraction of sp³-hybridized carbons (Fsp3) is 0.474.